The second-order valence-electron chi connectivity index (χ2n) is 8.27. The Kier molecular flexibility index (Phi) is 6.05. The van der Waals surface area contributed by atoms with Crippen molar-refractivity contribution in [2.24, 2.45) is 0 Å². The van der Waals surface area contributed by atoms with Crippen molar-refractivity contribution in [1.82, 2.24) is 14.7 Å². The zero-order chi connectivity index (χ0) is 22.1. The van der Waals surface area contributed by atoms with E-state index < -0.39 is 0 Å². The molecule has 2 aromatic carbocycles. The fraction of sp³-hybridized carbons (Fsp3) is 0.360. The molecule has 5 nitrogen and oxygen atoms in total. The van der Waals surface area contributed by atoms with Crippen LogP contribution in [0.3, 0.4) is 0 Å². The second kappa shape index (κ2) is 8.75. The van der Waals surface area contributed by atoms with Crippen LogP contribution in [0, 0.1) is 20.8 Å². The fourth-order valence-corrected chi connectivity index (χ4v) is 4.47. The molecule has 0 saturated carbocycles. The van der Waals surface area contributed by atoms with Crippen LogP contribution in [-0.4, -0.2) is 40.8 Å². The lowest BCUT2D eigenvalue weighted by Gasteiger charge is -2.17. The van der Waals surface area contributed by atoms with Crippen molar-refractivity contribution in [2.75, 3.05) is 20.2 Å². The van der Waals surface area contributed by atoms with E-state index in [0.29, 0.717) is 17.4 Å². The average Bonchev–Trinajstić information content (AvgIpc) is 3.37. The lowest BCUT2D eigenvalue weighted by Crippen LogP contribution is -2.30. The van der Waals surface area contributed by atoms with Gasteiger partial charge in [0.1, 0.15) is 5.75 Å². The third-order valence-electron chi connectivity index (χ3n) is 6.30. The summed E-state index contributed by atoms with van der Waals surface area (Å²) in [7, 11) is 1.67. The van der Waals surface area contributed by atoms with E-state index in [1.807, 2.05) is 60.7 Å². The standard InChI is InChI=1S/C25H28ClN3O2/c1-16-5-8-21(13-24(16)26)29-18(3)23(17(2)27-29)14-25(30)28-12-11-20(15-28)19-6-9-22(31-4)10-7-19/h5-10,13,20H,11-12,14-15H2,1-4H3. The molecule has 162 valence electrons. The monoisotopic (exact) mass is 437 g/mol. The molecule has 0 radical (unpaired) electrons. The maximum absolute atomic E-state index is 13.1. The number of ether oxygens (including phenoxy) is 1. The zero-order valence-electron chi connectivity index (χ0n) is 18.5. The molecule has 1 unspecified atom stereocenters. The van der Waals surface area contributed by atoms with Crippen LogP contribution in [0.2, 0.25) is 5.02 Å². The third-order valence-corrected chi connectivity index (χ3v) is 6.70. The number of rotatable bonds is 5. The quantitative estimate of drug-likeness (QED) is 0.563. The number of hydrogen-bond donors (Lipinski definition) is 0. The second-order valence-corrected chi connectivity index (χ2v) is 8.68. The highest BCUT2D eigenvalue weighted by atomic mass is 35.5. The summed E-state index contributed by atoms with van der Waals surface area (Å²) in [4.78, 5) is 15.1. The Morgan fingerprint density at radius 1 is 1.16 bits per heavy atom. The molecule has 0 spiro atoms. The fourth-order valence-electron chi connectivity index (χ4n) is 4.29. The highest BCUT2D eigenvalue weighted by Crippen LogP contribution is 2.29. The van der Waals surface area contributed by atoms with Crippen molar-refractivity contribution < 1.29 is 9.53 Å². The summed E-state index contributed by atoms with van der Waals surface area (Å²) in [5, 5.41) is 5.40. The van der Waals surface area contributed by atoms with Crippen LogP contribution in [0.4, 0.5) is 0 Å². The first-order valence-corrected chi connectivity index (χ1v) is 11.0. The number of nitrogens with zero attached hydrogens (tertiary/aromatic N) is 3. The van der Waals surface area contributed by atoms with Crippen LogP contribution in [-0.2, 0) is 11.2 Å². The Balaban J connectivity index is 1.47. The molecule has 1 aliphatic heterocycles. The van der Waals surface area contributed by atoms with Crippen LogP contribution in [0.15, 0.2) is 42.5 Å². The molecule has 1 aliphatic rings. The first kappa shape index (κ1) is 21.4. The van der Waals surface area contributed by atoms with E-state index >= 15 is 0 Å². The normalized spacial score (nSPS) is 16.0. The number of carbonyl (C=O) groups excluding carboxylic acids is 1. The molecule has 1 atom stereocenters. The van der Waals surface area contributed by atoms with E-state index in [9.17, 15) is 4.79 Å². The molecule has 0 bridgehead atoms. The van der Waals surface area contributed by atoms with Crippen LogP contribution in [0.25, 0.3) is 5.69 Å². The molecule has 1 saturated heterocycles. The molecule has 31 heavy (non-hydrogen) atoms. The van der Waals surface area contributed by atoms with Crippen molar-refractivity contribution in [2.45, 2.75) is 39.5 Å². The molecule has 2 heterocycles. The molecule has 6 heteroatoms. The van der Waals surface area contributed by atoms with Gasteiger partial charge in [-0.05, 0) is 62.6 Å². The summed E-state index contributed by atoms with van der Waals surface area (Å²) < 4.78 is 7.13. The minimum absolute atomic E-state index is 0.156. The molecular weight excluding hydrogens is 410 g/mol. The average molecular weight is 438 g/mol. The van der Waals surface area contributed by atoms with Crippen LogP contribution in [0.5, 0.6) is 5.75 Å². The summed E-state index contributed by atoms with van der Waals surface area (Å²) >= 11 is 6.31. The van der Waals surface area contributed by atoms with Gasteiger partial charge in [-0.3, -0.25) is 4.79 Å². The van der Waals surface area contributed by atoms with Gasteiger partial charge in [0.05, 0.1) is 24.9 Å². The zero-order valence-corrected chi connectivity index (χ0v) is 19.2. The SMILES string of the molecule is COc1ccc(C2CCN(C(=O)Cc3c(C)nn(-c4ccc(C)c(Cl)c4)c3C)C2)cc1. The lowest BCUT2D eigenvalue weighted by atomic mass is 9.98. The number of methoxy groups -OCH3 is 1. The van der Waals surface area contributed by atoms with Crippen LogP contribution < -0.4 is 4.74 Å². The molecule has 1 amide bonds. The van der Waals surface area contributed by atoms with Gasteiger partial charge in [-0.1, -0.05) is 29.8 Å². The van der Waals surface area contributed by atoms with Gasteiger partial charge in [0.15, 0.2) is 0 Å². The Hall–Kier alpha value is -2.79. The van der Waals surface area contributed by atoms with Gasteiger partial charge in [0.2, 0.25) is 5.91 Å². The number of aryl methyl sites for hydroxylation is 2. The maximum Gasteiger partial charge on any atom is 0.227 e. The van der Waals surface area contributed by atoms with E-state index in [4.69, 9.17) is 16.3 Å². The number of aromatic nitrogens is 2. The van der Waals surface area contributed by atoms with Crippen LogP contribution in [0.1, 0.15) is 40.4 Å². The molecule has 1 fully saturated rings. The number of likely N-dealkylation sites (tertiary alicyclic amines) is 1. The summed E-state index contributed by atoms with van der Waals surface area (Å²) in [5.74, 6) is 1.38. The minimum atomic E-state index is 0.156. The molecule has 0 N–H and O–H groups in total. The highest BCUT2D eigenvalue weighted by Gasteiger charge is 2.28. The van der Waals surface area contributed by atoms with E-state index in [0.717, 1.165) is 53.5 Å². The highest BCUT2D eigenvalue weighted by molar-refractivity contribution is 6.31. The predicted octanol–water partition coefficient (Wildman–Crippen LogP) is 5.02. The van der Waals surface area contributed by atoms with Crippen molar-refractivity contribution in [3.8, 4) is 11.4 Å². The van der Waals surface area contributed by atoms with Gasteiger partial charge in [-0.25, -0.2) is 4.68 Å². The largest absolute Gasteiger partial charge is 0.497 e. The number of amides is 1. The van der Waals surface area contributed by atoms with Gasteiger partial charge in [-0.15, -0.1) is 0 Å². The first-order valence-electron chi connectivity index (χ1n) is 10.6. The van der Waals surface area contributed by atoms with Gasteiger partial charge in [-0.2, -0.15) is 5.10 Å². The molecule has 0 aliphatic carbocycles. The Labute approximate surface area is 188 Å². The number of carbonyl (C=O) groups is 1. The molecular formula is C25H28ClN3O2. The molecule has 3 aromatic rings. The lowest BCUT2D eigenvalue weighted by molar-refractivity contribution is -0.129. The minimum Gasteiger partial charge on any atom is -0.497 e. The summed E-state index contributed by atoms with van der Waals surface area (Å²) in [6.45, 7) is 7.50. The van der Waals surface area contributed by atoms with Crippen molar-refractivity contribution in [1.29, 1.82) is 0 Å². The number of hydrogen-bond acceptors (Lipinski definition) is 3. The molecule has 4 rings (SSSR count). The van der Waals surface area contributed by atoms with E-state index in [1.54, 1.807) is 7.11 Å². The maximum atomic E-state index is 13.1. The van der Waals surface area contributed by atoms with Crippen molar-refractivity contribution >= 4 is 17.5 Å². The van der Waals surface area contributed by atoms with E-state index in [-0.39, 0.29) is 5.91 Å². The third kappa shape index (κ3) is 4.33. The van der Waals surface area contributed by atoms with Crippen molar-refractivity contribution in [3.05, 3.63) is 75.6 Å². The number of benzene rings is 2. The van der Waals surface area contributed by atoms with Gasteiger partial charge < -0.3 is 9.64 Å². The predicted molar refractivity (Wildman–Crippen MR) is 123 cm³/mol. The summed E-state index contributed by atoms with van der Waals surface area (Å²) in [5.41, 5.74) is 6.06. The van der Waals surface area contributed by atoms with E-state index in [2.05, 4.69) is 17.2 Å². The molecule has 1 aromatic heterocycles. The smallest absolute Gasteiger partial charge is 0.227 e. The summed E-state index contributed by atoms with van der Waals surface area (Å²) in [6, 6.07) is 14.1. The van der Waals surface area contributed by atoms with Gasteiger partial charge >= 0.3 is 0 Å². The Morgan fingerprint density at radius 3 is 2.58 bits per heavy atom. The van der Waals surface area contributed by atoms with Gasteiger partial charge in [0.25, 0.3) is 0 Å². The topological polar surface area (TPSA) is 47.4 Å². The van der Waals surface area contributed by atoms with E-state index in [1.165, 1.54) is 5.56 Å². The first-order chi connectivity index (χ1) is 14.9. The summed E-state index contributed by atoms with van der Waals surface area (Å²) in [6.07, 6.45) is 1.35. The van der Waals surface area contributed by atoms with Crippen molar-refractivity contribution in [3.63, 3.8) is 0 Å². The van der Waals surface area contributed by atoms with Crippen LogP contribution >= 0.6 is 11.6 Å². The van der Waals surface area contributed by atoms with Gasteiger partial charge in [0, 0.05) is 35.3 Å². The Morgan fingerprint density at radius 2 is 1.90 bits per heavy atom. The number of halogens is 1. The Bertz CT molecular complexity index is 1100.